The second-order valence-corrected chi connectivity index (χ2v) is 13.6. The summed E-state index contributed by atoms with van der Waals surface area (Å²) in [6, 6.07) is 4.04. The van der Waals surface area contributed by atoms with Gasteiger partial charge >= 0.3 is 22.3 Å². The summed E-state index contributed by atoms with van der Waals surface area (Å²) in [7, 11) is -3.00. The van der Waals surface area contributed by atoms with Crippen molar-refractivity contribution in [1.82, 2.24) is 34.1 Å². The maximum absolute atomic E-state index is 13.8. The number of aliphatic carboxylic acids is 1. The van der Waals surface area contributed by atoms with Crippen molar-refractivity contribution in [2.75, 3.05) is 33.3 Å². The summed E-state index contributed by atoms with van der Waals surface area (Å²) in [6.45, 7) is 1.70. The Hall–Kier alpha value is -4.39. The summed E-state index contributed by atoms with van der Waals surface area (Å²) in [6.07, 6.45) is 2.32. The molecule has 16 nitrogen and oxygen atoms in total. The van der Waals surface area contributed by atoms with Crippen LogP contribution in [0.2, 0.25) is 0 Å². The van der Waals surface area contributed by atoms with Crippen molar-refractivity contribution in [3.63, 3.8) is 0 Å². The third-order valence-corrected chi connectivity index (χ3v) is 10.4. The third-order valence-electron chi connectivity index (χ3n) is 7.55. The minimum atomic E-state index is -4.18. The summed E-state index contributed by atoms with van der Waals surface area (Å²) in [5.74, 6) is -2.52. The molecule has 2 aliphatic rings. The van der Waals surface area contributed by atoms with Crippen molar-refractivity contribution in [1.29, 1.82) is 5.41 Å². The van der Waals surface area contributed by atoms with Gasteiger partial charge in [-0.1, -0.05) is 12.1 Å². The quantitative estimate of drug-likeness (QED) is 0.165. The fourth-order valence-corrected chi connectivity index (χ4v) is 7.66. The topological polar surface area (TPSA) is 216 Å². The van der Waals surface area contributed by atoms with Crippen LogP contribution in [0.3, 0.4) is 0 Å². The summed E-state index contributed by atoms with van der Waals surface area (Å²) >= 11 is 1.26. The Balaban J connectivity index is 1.38. The lowest BCUT2D eigenvalue weighted by Crippen LogP contribution is -2.58. The minimum Gasteiger partial charge on any atom is -0.480 e. The lowest BCUT2D eigenvalue weighted by Gasteiger charge is -2.40. The molecular formula is C27H32N8O8S2. The SMILES string of the molecule is COC(=O)NC(=N)c1ccc2cn(S(=O)(=O)N3CCN(C(=O)c4nc5c(s4)CNC(C)C5)C(CC(=O)NCC(=O)O)C3)cc2c1. The van der Waals surface area contributed by atoms with Crippen LogP contribution in [0.1, 0.15) is 39.3 Å². The van der Waals surface area contributed by atoms with E-state index in [-0.39, 0.29) is 42.9 Å². The number of carbonyl (C=O) groups excluding carboxylic acids is 3. The number of benzene rings is 1. The van der Waals surface area contributed by atoms with Gasteiger partial charge in [0, 0.05) is 78.7 Å². The molecule has 5 N–H and O–H groups in total. The number of alkyl carbamates (subject to hydrolysis) is 1. The molecule has 0 radical (unpaired) electrons. The molecule has 0 spiro atoms. The number of rotatable bonds is 8. The molecule has 2 aliphatic heterocycles. The Kier molecular flexibility index (Phi) is 9.19. The highest BCUT2D eigenvalue weighted by Crippen LogP contribution is 2.27. The summed E-state index contributed by atoms with van der Waals surface area (Å²) in [4.78, 5) is 55.8. The molecule has 1 saturated heterocycles. The number of carbonyl (C=O) groups is 4. The van der Waals surface area contributed by atoms with Crippen molar-refractivity contribution >= 4 is 62.0 Å². The highest BCUT2D eigenvalue weighted by molar-refractivity contribution is 7.87. The number of amides is 3. The molecule has 5 rings (SSSR count). The molecule has 1 aromatic carbocycles. The number of hydrogen-bond acceptors (Lipinski definition) is 11. The number of carboxylic acid groups (broad SMARTS) is 1. The van der Waals surface area contributed by atoms with Crippen LogP contribution in [-0.4, -0.2) is 107 Å². The molecule has 4 heterocycles. The van der Waals surface area contributed by atoms with Crippen LogP contribution in [0.5, 0.6) is 0 Å². The van der Waals surface area contributed by atoms with Crippen LogP contribution in [0.4, 0.5) is 4.79 Å². The van der Waals surface area contributed by atoms with E-state index in [0.29, 0.717) is 29.3 Å². The van der Waals surface area contributed by atoms with Crippen LogP contribution < -0.4 is 16.0 Å². The number of nitrogens with one attached hydrogen (secondary N) is 4. The van der Waals surface area contributed by atoms with Crippen LogP contribution >= 0.6 is 11.3 Å². The molecule has 0 aliphatic carbocycles. The zero-order valence-electron chi connectivity index (χ0n) is 24.4. The van der Waals surface area contributed by atoms with E-state index in [0.717, 1.165) is 14.5 Å². The third kappa shape index (κ3) is 6.98. The molecule has 240 valence electrons. The molecule has 3 amide bonds. The normalized spacial score (nSPS) is 18.7. The van der Waals surface area contributed by atoms with Gasteiger partial charge in [0.1, 0.15) is 12.4 Å². The summed E-state index contributed by atoms with van der Waals surface area (Å²) in [5.41, 5.74) is 1.17. The number of methoxy groups -OCH3 is 1. The van der Waals surface area contributed by atoms with E-state index < -0.39 is 46.7 Å². The Morgan fingerprint density at radius 3 is 2.69 bits per heavy atom. The molecule has 0 bridgehead atoms. The second kappa shape index (κ2) is 12.9. The number of carboxylic acids is 1. The number of piperazine rings is 1. The van der Waals surface area contributed by atoms with E-state index in [1.165, 1.54) is 40.0 Å². The Morgan fingerprint density at radius 2 is 1.96 bits per heavy atom. The van der Waals surface area contributed by atoms with E-state index >= 15 is 0 Å². The first-order chi connectivity index (χ1) is 21.3. The summed E-state index contributed by atoms with van der Waals surface area (Å²) in [5, 5.41) is 26.2. The molecule has 45 heavy (non-hydrogen) atoms. The van der Waals surface area contributed by atoms with Crippen LogP contribution in [0.15, 0.2) is 30.6 Å². The zero-order valence-corrected chi connectivity index (χ0v) is 26.0. The monoisotopic (exact) mass is 660 g/mol. The van der Waals surface area contributed by atoms with Gasteiger partial charge in [0.05, 0.1) is 18.8 Å². The maximum atomic E-state index is 13.8. The van der Waals surface area contributed by atoms with E-state index in [1.807, 2.05) is 6.92 Å². The lowest BCUT2D eigenvalue weighted by molar-refractivity contribution is -0.138. The van der Waals surface area contributed by atoms with E-state index in [4.69, 9.17) is 10.5 Å². The smallest absolute Gasteiger partial charge is 0.412 e. The molecule has 0 saturated carbocycles. The van der Waals surface area contributed by atoms with Gasteiger partial charge in [-0.25, -0.2) is 13.8 Å². The van der Waals surface area contributed by atoms with Gasteiger partial charge < -0.3 is 25.4 Å². The first-order valence-corrected chi connectivity index (χ1v) is 16.1. The van der Waals surface area contributed by atoms with Gasteiger partial charge in [-0.15, -0.1) is 11.3 Å². The van der Waals surface area contributed by atoms with Gasteiger partial charge in [0.15, 0.2) is 5.01 Å². The molecule has 18 heteroatoms. The van der Waals surface area contributed by atoms with Gasteiger partial charge in [0.25, 0.3) is 5.91 Å². The van der Waals surface area contributed by atoms with E-state index in [1.54, 1.807) is 18.2 Å². The molecule has 2 unspecified atom stereocenters. The zero-order chi connectivity index (χ0) is 32.5. The van der Waals surface area contributed by atoms with Crippen molar-refractivity contribution < 1.29 is 37.4 Å². The number of amidine groups is 1. The largest absolute Gasteiger partial charge is 0.480 e. The predicted molar refractivity (Wildman–Crippen MR) is 162 cm³/mol. The molecule has 3 aromatic rings. The number of ether oxygens (including phenoxy) is 1. The predicted octanol–water partition coefficient (Wildman–Crippen LogP) is 0.324. The molecular weight excluding hydrogens is 628 g/mol. The fourth-order valence-electron chi connectivity index (χ4n) is 5.23. The standard InChI is InChI=1S/C27H32N8O8S2/c1-15-7-20-21(10-29-15)44-25(31-20)26(39)35-6-5-33(14-19(35)9-22(36)30-11-23(37)38)45(41,42)34-12-17-4-3-16(8-18(17)13-34)24(28)32-27(40)43-2/h3-4,8,12-13,15,19,29H,5-7,9-11,14H2,1-2H3,(H,30,36)(H,37,38)(H2,28,32,40). The minimum absolute atomic E-state index is 0.0187. The van der Waals surface area contributed by atoms with Gasteiger partial charge in [-0.05, 0) is 13.0 Å². The highest BCUT2D eigenvalue weighted by Gasteiger charge is 2.39. The number of nitrogens with zero attached hydrogens (tertiary/aromatic N) is 4. The highest BCUT2D eigenvalue weighted by atomic mass is 32.2. The Labute approximate surface area is 262 Å². The average Bonchev–Trinajstić information content (AvgIpc) is 3.63. The number of fused-ring (bicyclic) bond motifs is 2. The second-order valence-electron chi connectivity index (χ2n) is 10.7. The molecule has 1 fully saturated rings. The van der Waals surface area contributed by atoms with Crippen LogP contribution in [-0.2, 0) is 37.5 Å². The van der Waals surface area contributed by atoms with Gasteiger partial charge in [-0.2, -0.15) is 12.7 Å². The van der Waals surface area contributed by atoms with Crippen molar-refractivity contribution in [2.24, 2.45) is 0 Å². The van der Waals surface area contributed by atoms with Crippen LogP contribution in [0.25, 0.3) is 10.8 Å². The molecule has 2 aromatic heterocycles. The van der Waals surface area contributed by atoms with Gasteiger partial charge in [0.2, 0.25) is 5.91 Å². The van der Waals surface area contributed by atoms with Gasteiger partial charge in [-0.3, -0.25) is 25.1 Å². The Morgan fingerprint density at radius 1 is 1.20 bits per heavy atom. The van der Waals surface area contributed by atoms with Crippen molar-refractivity contribution in [3.8, 4) is 0 Å². The fraction of sp³-hybridized carbons (Fsp3) is 0.407. The van der Waals surface area contributed by atoms with Crippen molar-refractivity contribution in [3.05, 3.63) is 51.7 Å². The number of hydrogen-bond donors (Lipinski definition) is 5. The first kappa shape index (κ1) is 32.0. The number of thiazole rings is 1. The molecule has 2 atom stereocenters. The Bertz CT molecular complexity index is 1790. The van der Waals surface area contributed by atoms with Crippen molar-refractivity contribution in [2.45, 2.75) is 38.4 Å². The first-order valence-electron chi connectivity index (χ1n) is 13.9. The van der Waals surface area contributed by atoms with E-state index in [9.17, 15) is 27.6 Å². The average molecular weight is 661 g/mol. The lowest BCUT2D eigenvalue weighted by atomic mass is 10.1. The van der Waals surface area contributed by atoms with E-state index in [2.05, 4.69) is 25.7 Å². The maximum Gasteiger partial charge on any atom is 0.412 e. The summed E-state index contributed by atoms with van der Waals surface area (Å²) < 4.78 is 34.3. The number of aromatic nitrogens is 2. The van der Waals surface area contributed by atoms with Crippen LogP contribution in [0, 0.1) is 5.41 Å².